The molecule has 0 spiro atoms. The minimum Gasteiger partial charge on any atom is -0.480 e. The molecule has 0 bridgehead atoms. The topological polar surface area (TPSA) is 116 Å². The van der Waals surface area contributed by atoms with Gasteiger partial charge >= 0.3 is 11.9 Å². The Hall–Kier alpha value is -3.00. The third kappa shape index (κ3) is 6.02. The van der Waals surface area contributed by atoms with Gasteiger partial charge in [-0.05, 0) is 24.1 Å². The van der Waals surface area contributed by atoms with Crippen LogP contribution in [0.3, 0.4) is 0 Å². The first kappa shape index (κ1) is 21.3. The second kappa shape index (κ2) is 10.4. The van der Waals surface area contributed by atoms with E-state index in [-0.39, 0.29) is 5.75 Å². The number of para-hydroxylation sites is 1. The van der Waals surface area contributed by atoms with E-state index < -0.39 is 35.8 Å². The Morgan fingerprint density at radius 1 is 0.857 bits per heavy atom. The average molecular weight is 402 g/mol. The Morgan fingerprint density at radius 2 is 1.39 bits per heavy atom. The smallest absolute Gasteiger partial charge is 0.329 e. The molecule has 0 saturated carbocycles. The fourth-order valence-corrected chi connectivity index (χ4v) is 2.99. The van der Waals surface area contributed by atoms with Crippen LogP contribution in [-0.2, 0) is 20.8 Å². The lowest BCUT2D eigenvalue weighted by atomic mass is 9.99. The molecule has 28 heavy (non-hydrogen) atoms. The number of hydrogen-bond acceptors (Lipinski definition) is 5. The van der Waals surface area contributed by atoms with Crippen LogP contribution in [0.5, 0.6) is 0 Å². The Morgan fingerprint density at radius 3 is 1.89 bits per heavy atom. The number of carbonyl (C=O) groups is 3. The predicted molar refractivity (Wildman–Crippen MR) is 109 cm³/mol. The molecule has 2 rings (SSSR count). The molecule has 0 aliphatic carbocycles. The molecule has 2 aromatic rings. The number of rotatable bonds is 10. The molecule has 0 radical (unpaired) electrons. The van der Waals surface area contributed by atoms with E-state index in [0.29, 0.717) is 12.1 Å². The molecule has 0 fully saturated rings. The van der Waals surface area contributed by atoms with Gasteiger partial charge in [-0.25, -0.2) is 9.59 Å². The molecule has 3 atom stereocenters. The summed E-state index contributed by atoms with van der Waals surface area (Å²) >= 11 is 4.19. The summed E-state index contributed by atoms with van der Waals surface area (Å²) in [5.74, 6) is -3.80. The van der Waals surface area contributed by atoms with E-state index in [0.717, 1.165) is 5.56 Å². The number of anilines is 1. The van der Waals surface area contributed by atoms with Crippen molar-refractivity contribution in [2.45, 2.75) is 18.5 Å². The molecule has 148 valence electrons. The summed E-state index contributed by atoms with van der Waals surface area (Å²) in [6, 6.07) is 14.4. The standard InChI is InChI=1S/C20H22N2O5S/c23-18(14(12-28)11-13-7-3-1-4-8-13)22-17(20(26)27)16(19(24)25)21-15-9-5-2-6-10-15/h1-10,14,16-17,21,28H,11-12H2,(H,22,23)(H,24,25)(H,26,27)/t14?,16?,17-/m0/s1. The van der Waals surface area contributed by atoms with Crippen LogP contribution in [-0.4, -0.2) is 45.9 Å². The number of aliphatic carboxylic acids is 2. The summed E-state index contributed by atoms with van der Waals surface area (Å²) in [5.41, 5.74) is 1.34. The van der Waals surface area contributed by atoms with Gasteiger partial charge in [-0.2, -0.15) is 12.6 Å². The van der Waals surface area contributed by atoms with E-state index in [2.05, 4.69) is 23.3 Å². The van der Waals surface area contributed by atoms with Gasteiger partial charge in [0, 0.05) is 11.4 Å². The van der Waals surface area contributed by atoms with Crippen molar-refractivity contribution in [2.75, 3.05) is 11.1 Å². The van der Waals surface area contributed by atoms with Gasteiger partial charge in [-0.1, -0.05) is 48.5 Å². The molecular weight excluding hydrogens is 380 g/mol. The van der Waals surface area contributed by atoms with Gasteiger partial charge in [0.1, 0.15) is 0 Å². The van der Waals surface area contributed by atoms with Crippen LogP contribution >= 0.6 is 12.6 Å². The van der Waals surface area contributed by atoms with Crippen LogP contribution in [0.4, 0.5) is 5.69 Å². The Kier molecular flexibility index (Phi) is 7.88. The van der Waals surface area contributed by atoms with Crippen molar-refractivity contribution in [3.05, 3.63) is 66.2 Å². The molecule has 0 aliphatic heterocycles. The molecule has 0 aromatic heterocycles. The van der Waals surface area contributed by atoms with Crippen molar-refractivity contribution < 1.29 is 24.6 Å². The van der Waals surface area contributed by atoms with Gasteiger partial charge < -0.3 is 20.8 Å². The molecule has 1 amide bonds. The minimum atomic E-state index is -1.65. The number of carbonyl (C=O) groups excluding carboxylic acids is 1. The summed E-state index contributed by atoms with van der Waals surface area (Å²) in [6.45, 7) is 0. The summed E-state index contributed by atoms with van der Waals surface area (Å²) < 4.78 is 0. The van der Waals surface area contributed by atoms with Crippen molar-refractivity contribution in [2.24, 2.45) is 5.92 Å². The van der Waals surface area contributed by atoms with E-state index in [1.807, 2.05) is 30.3 Å². The summed E-state index contributed by atoms with van der Waals surface area (Å²) in [4.78, 5) is 36.0. The van der Waals surface area contributed by atoms with Gasteiger partial charge in [0.2, 0.25) is 5.91 Å². The van der Waals surface area contributed by atoms with Gasteiger partial charge in [-0.15, -0.1) is 0 Å². The van der Waals surface area contributed by atoms with Crippen LogP contribution in [0.25, 0.3) is 0 Å². The van der Waals surface area contributed by atoms with Crippen LogP contribution < -0.4 is 10.6 Å². The van der Waals surface area contributed by atoms with E-state index in [1.165, 1.54) is 0 Å². The van der Waals surface area contributed by atoms with Crippen molar-refractivity contribution in [1.29, 1.82) is 0 Å². The van der Waals surface area contributed by atoms with E-state index in [1.54, 1.807) is 30.3 Å². The second-order valence-corrected chi connectivity index (χ2v) is 6.59. The molecule has 2 unspecified atom stereocenters. The van der Waals surface area contributed by atoms with Crippen LogP contribution in [0.15, 0.2) is 60.7 Å². The molecule has 0 aliphatic rings. The first-order chi connectivity index (χ1) is 13.4. The van der Waals surface area contributed by atoms with Crippen molar-refractivity contribution >= 4 is 36.2 Å². The fourth-order valence-electron chi connectivity index (χ4n) is 2.70. The van der Waals surface area contributed by atoms with Crippen LogP contribution in [0.1, 0.15) is 5.56 Å². The predicted octanol–water partition coefficient (Wildman–Crippen LogP) is 1.91. The van der Waals surface area contributed by atoms with Crippen molar-refractivity contribution in [3.63, 3.8) is 0 Å². The molecular formula is C20H22N2O5S. The third-order valence-electron chi connectivity index (χ3n) is 4.18. The highest BCUT2D eigenvalue weighted by Crippen LogP contribution is 2.13. The van der Waals surface area contributed by atoms with Crippen LogP contribution in [0, 0.1) is 5.92 Å². The highest BCUT2D eigenvalue weighted by atomic mass is 32.1. The molecule has 0 saturated heterocycles. The number of amides is 1. The maximum absolute atomic E-state index is 12.6. The Labute approximate surface area is 168 Å². The Bertz CT molecular complexity index is 801. The van der Waals surface area contributed by atoms with E-state index >= 15 is 0 Å². The van der Waals surface area contributed by atoms with Gasteiger partial charge in [0.15, 0.2) is 12.1 Å². The third-order valence-corrected chi connectivity index (χ3v) is 4.62. The number of carboxylic acid groups (broad SMARTS) is 2. The van der Waals surface area contributed by atoms with Gasteiger partial charge in [-0.3, -0.25) is 4.79 Å². The largest absolute Gasteiger partial charge is 0.480 e. The molecule has 0 heterocycles. The van der Waals surface area contributed by atoms with E-state index in [9.17, 15) is 24.6 Å². The fraction of sp³-hybridized carbons (Fsp3) is 0.250. The first-order valence-corrected chi connectivity index (χ1v) is 9.28. The van der Waals surface area contributed by atoms with E-state index in [4.69, 9.17) is 0 Å². The van der Waals surface area contributed by atoms with Crippen LogP contribution in [0.2, 0.25) is 0 Å². The average Bonchev–Trinajstić information content (AvgIpc) is 2.69. The van der Waals surface area contributed by atoms with Crippen molar-refractivity contribution in [1.82, 2.24) is 5.32 Å². The second-order valence-electron chi connectivity index (χ2n) is 6.22. The maximum Gasteiger partial charge on any atom is 0.329 e. The highest BCUT2D eigenvalue weighted by molar-refractivity contribution is 7.80. The van der Waals surface area contributed by atoms with Crippen molar-refractivity contribution in [3.8, 4) is 0 Å². The maximum atomic E-state index is 12.6. The summed E-state index contributed by atoms with van der Waals surface area (Å²) in [6.07, 6.45) is 0.367. The zero-order valence-electron chi connectivity index (χ0n) is 15.0. The number of benzene rings is 2. The normalized spacial score (nSPS) is 13.8. The SMILES string of the molecule is O=C(N[C@H](C(=O)O)C(Nc1ccccc1)C(=O)O)C(CS)Cc1ccccc1. The zero-order valence-corrected chi connectivity index (χ0v) is 15.9. The zero-order chi connectivity index (χ0) is 20.5. The number of hydrogen-bond donors (Lipinski definition) is 5. The van der Waals surface area contributed by atoms with Gasteiger partial charge in [0.05, 0.1) is 5.92 Å². The highest BCUT2D eigenvalue weighted by Gasteiger charge is 2.36. The lowest BCUT2D eigenvalue weighted by Gasteiger charge is -2.25. The van der Waals surface area contributed by atoms with Gasteiger partial charge in [0.25, 0.3) is 0 Å². The lowest BCUT2D eigenvalue weighted by molar-refractivity contribution is -0.148. The molecule has 8 heteroatoms. The minimum absolute atomic E-state index is 0.191. The Balaban J connectivity index is 2.15. The summed E-state index contributed by atoms with van der Waals surface area (Å²) in [7, 11) is 0. The summed E-state index contributed by atoms with van der Waals surface area (Å²) in [5, 5.41) is 24.0. The molecule has 4 N–H and O–H groups in total. The molecule has 2 aromatic carbocycles. The lowest BCUT2D eigenvalue weighted by Crippen LogP contribution is -2.56. The number of nitrogens with one attached hydrogen (secondary N) is 2. The monoisotopic (exact) mass is 402 g/mol. The quantitative estimate of drug-likeness (QED) is 0.388. The first-order valence-electron chi connectivity index (χ1n) is 8.64. The molecule has 7 nitrogen and oxygen atoms in total. The number of thiol groups is 1. The number of carboxylic acids is 2.